The number of β-amino-alcohol motifs (C(OH)–C–C–N with tert-alkyl or cyclic N) is 1. The van der Waals surface area contributed by atoms with Crippen LogP contribution in [-0.4, -0.2) is 44.1 Å². The zero-order valence-electron chi connectivity index (χ0n) is 18.1. The normalized spacial score (nSPS) is 16.7. The number of alkyl halides is 3. The Balaban J connectivity index is 1.72. The first-order chi connectivity index (χ1) is 14.8. The van der Waals surface area contributed by atoms with Gasteiger partial charge in [0, 0.05) is 18.5 Å². The van der Waals surface area contributed by atoms with Crippen LogP contribution >= 0.6 is 0 Å². The van der Waals surface area contributed by atoms with Gasteiger partial charge in [-0.1, -0.05) is 0 Å². The maximum atomic E-state index is 13.2. The van der Waals surface area contributed by atoms with Crippen molar-refractivity contribution in [2.24, 2.45) is 0 Å². The summed E-state index contributed by atoms with van der Waals surface area (Å²) in [5.74, 6) is -0.0937. The Hall–Kier alpha value is -3.14. The minimum Gasteiger partial charge on any atom is -0.508 e. The monoisotopic (exact) mass is 447 g/mol. The number of halogens is 3. The molecule has 3 heterocycles. The van der Waals surface area contributed by atoms with Crippen molar-refractivity contribution in [3.8, 4) is 5.75 Å². The standard InChI is InChI=1S/C22H24F3N5O2/c1-11(14-5-15(22(23,24)25)7-16(31)6-14)27-20-17-8-18(30-9-21(4,32)10-30)12(2)26-19(17)13(3)28-29-20/h5-8,11,31-32H,9-10H2,1-4H3,(H,27,29)/t11-/m1/s1. The van der Waals surface area contributed by atoms with Crippen molar-refractivity contribution in [2.75, 3.05) is 23.3 Å². The largest absolute Gasteiger partial charge is 0.508 e. The van der Waals surface area contributed by atoms with Gasteiger partial charge in [0.15, 0.2) is 5.82 Å². The summed E-state index contributed by atoms with van der Waals surface area (Å²) in [6.45, 7) is 8.05. The molecule has 0 saturated carbocycles. The average Bonchev–Trinajstić information content (AvgIpc) is 2.67. The van der Waals surface area contributed by atoms with Crippen molar-refractivity contribution in [1.29, 1.82) is 0 Å². The lowest BCUT2D eigenvalue weighted by molar-refractivity contribution is -0.137. The van der Waals surface area contributed by atoms with Crippen LogP contribution in [0.1, 0.15) is 42.4 Å². The van der Waals surface area contributed by atoms with Crippen molar-refractivity contribution in [2.45, 2.75) is 45.5 Å². The quantitative estimate of drug-likeness (QED) is 0.554. The molecule has 10 heteroatoms. The molecule has 170 valence electrons. The fourth-order valence-electron chi connectivity index (χ4n) is 3.99. The fourth-order valence-corrected chi connectivity index (χ4v) is 3.99. The number of phenols is 1. The fraction of sp³-hybridized carbons (Fsp3) is 0.409. The highest BCUT2D eigenvalue weighted by atomic mass is 19.4. The third-order valence-electron chi connectivity index (χ3n) is 5.61. The van der Waals surface area contributed by atoms with Crippen molar-refractivity contribution >= 4 is 22.4 Å². The van der Waals surface area contributed by atoms with E-state index >= 15 is 0 Å². The number of aliphatic hydroxyl groups is 1. The molecular formula is C22H24F3N5O2. The molecule has 7 nitrogen and oxygen atoms in total. The smallest absolute Gasteiger partial charge is 0.416 e. The van der Waals surface area contributed by atoms with Crippen LogP contribution in [0.2, 0.25) is 0 Å². The summed E-state index contributed by atoms with van der Waals surface area (Å²) in [6, 6.07) is 4.29. The molecular weight excluding hydrogens is 423 g/mol. The Morgan fingerprint density at radius 3 is 2.41 bits per heavy atom. The van der Waals surface area contributed by atoms with Crippen molar-refractivity contribution in [1.82, 2.24) is 15.2 Å². The SMILES string of the molecule is Cc1nc2c(C)nnc(N[C@H](C)c3cc(O)cc(C(F)(F)F)c3)c2cc1N1CC(C)(O)C1. The van der Waals surface area contributed by atoms with Crippen LogP contribution in [0, 0.1) is 13.8 Å². The number of hydrogen-bond acceptors (Lipinski definition) is 7. The topological polar surface area (TPSA) is 94.4 Å². The second-order valence-corrected chi connectivity index (χ2v) is 8.65. The number of anilines is 2. The number of benzene rings is 1. The minimum atomic E-state index is -4.57. The lowest BCUT2D eigenvalue weighted by Gasteiger charge is -2.46. The molecule has 0 aliphatic carbocycles. The van der Waals surface area contributed by atoms with Gasteiger partial charge in [-0.2, -0.15) is 18.3 Å². The van der Waals surface area contributed by atoms with Crippen molar-refractivity contribution in [3.63, 3.8) is 0 Å². The van der Waals surface area contributed by atoms with E-state index in [4.69, 9.17) is 0 Å². The highest BCUT2D eigenvalue weighted by Crippen LogP contribution is 2.36. The van der Waals surface area contributed by atoms with E-state index in [1.165, 1.54) is 6.07 Å². The Labute approximate surface area is 182 Å². The summed E-state index contributed by atoms with van der Waals surface area (Å²) in [5.41, 5.74) is 1.47. The van der Waals surface area contributed by atoms with Gasteiger partial charge in [0.25, 0.3) is 0 Å². The molecule has 1 fully saturated rings. The van der Waals surface area contributed by atoms with E-state index in [0.717, 1.165) is 17.4 Å². The summed E-state index contributed by atoms with van der Waals surface area (Å²) in [6.07, 6.45) is -4.57. The molecule has 0 amide bonds. The maximum absolute atomic E-state index is 13.2. The van der Waals surface area contributed by atoms with Crippen LogP contribution in [0.4, 0.5) is 24.7 Å². The van der Waals surface area contributed by atoms with Crippen LogP contribution in [0.15, 0.2) is 24.3 Å². The molecule has 1 saturated heterocycles. The lowest BCUT2D eigenvalue weighted by atomic mass is 9.95. The zero-order chi connectivity index (χ0) is 23.4. The van der Waals surface area contributed by atoms with Gasteiger partial charge >= 0.3 is 6.18 Å². The Morgan fingerprint density at radius 1 is 1.09 bits per heavy atom. The Kier molecular flexibility index (Phi) is 5.15. The summed E-state index contributed by atoms with van der Waals surface area (Å²) in [4.78, 5) is 6.68. The molecule has 32 heavy (non-hydrogen) atoms. The molecule has 1 atom stereocenters. The summed E-state index contributed by atoms with van der Waals surface area (Å²) in [5, 5.41) is 32.0. The highest BCUT2D eigenvalue weighted by molar-refractivity contribution is 5.93. The van der Waals surface area contributed by atoms with Crippen molar-refractivity contribution in [3.05, 3.63) is 46.8 Å². The van der Waals surface area contributed by atoms with Gasteiger partial charge in [0.2, 0.25) is 0 Å². The van der Waals surface area contributed by atoms with Gasteiger partial charge in [-0.3, -0.25) is 0 Å². The van der Waals surface area contributed by atoms with Gasteiger partial charge in [-0.25, -0.2) is 4.98 Å². The van der Waals surface area contributed by atoms with E-state index in [1.54, 1.807) is 20.8 Å². The van der Waals surface area contributed by atoms with Gasteiger partial charge in [0.1, 0.15) is 5.75 Å². The van der Waals surface area contributed by atoms with Crippen LogP contribution in [0.3, 0.4) is 0 Å². The molecule has 1 aromatic carbocycles. The number of aromatic hydroxyl groups is 1. The van der Waals surface area contributed by atoms with Gasteiger partial charge < -0.3 is 20.4 Å². The Morgan fingerprint density at radius 2 is 1.78 bits per heavy atom. The van der Waals surface area contributed by atoms with Crippen LogP contribution in [-0.2, 0) is 6.18 Å². The van der Waals surface area contributed by atoms with E-state index in [9.17, 15) is 23.4 Å². The number of hydrogen-bond donors (Lipinski definition) is 3. The molecule has 0 radical (unpaired) electrons. The van der Waals surface area contributed by atoms with Gasteiger partial charge in [-0.05, 0) is 57.5 Å². The van der Waals surface area contributed by atoms with Gasteiger partial charge in [0.05, 0.1) is 39.8 Å². The predicted molar refractivity (Wildman–Crippen MR) is 115 cm³/mol. The van der Waals surface area contributed by atoms with E-state index in [-0.39, 0.29) is 5.56 Å². The third kappa shape index (κ3) is 4.14. The number of rotatable bonds is 4. The molecule has 0 bridgehead atoms. The summed E-state index contributed by atoms with van der Waals surface area (Å²) in [7, 11) is 0. The second kappa shape index (κ2) is 7.47. The predicted octanol–water partition coefficient (Wildman–Crippen LogP) is 4.11. The third-order valence-corrected chi connectivity index (χ3v) is 5.61. The van der Waals surface area contributed by atoms with Crippen LogP contribution < -0.4 is 10.2 Å². The van der Waals surface area contributed by atoms with E-state index in [1.807, 2.05) is 17.9 Å². The average molecular weight is 447 g/mol. The number of phenolic OH excluding ortho intramolecular Hbond substituents is 1. The maximum Gasteiger partial charge on any atom is 0.416 e. The first-order valence-electron chi connectivity index (χ1n) is 10.1. The number of aromatic nitrogens is 3. The number of pyridine rings is 1. The van der Waals surface area contributed by atoms with E-state index in [0.29, 0.717) is 41.6 Å². The van der Waals surface area contributed by atoms with Crippen LogP contribution in [0.25, 0.3) is 10.9 Å². The molecule has 2 aromatic heterocycles. The molecule has 1 aliphatic heterocycles. The molecule has 4 rings (SSSR count). The summed E-state index contributed by atoms with van der Waals surface area (Å²) < 4.78 is 39.5. The van der Waals surface area contributed by atoms with Crippen molar-refractivity contribution < 1.29 is 23.4 Å². The highest BCUT2D eigenvalue weighted by Gasteiger charge is 2.37. The summed E-state index contributed by atoms with van der Waals surface area (Å²) >= 11 is 0. The first-order valence-corrected chi connectivity index (χ1v) is 10.1. The number of aryl methyl sites for hydroxylation is 2. The van der Waals surface area contributed by atoms with Crippen LogP contribution in [0.5, 0.6) is 5.75 Å². The molecule has 3 aromatic rings. The minimum absolute atomic E-state index is 0.256. The molecule has 0 spiro atoms. The number of fused-ring (bicyclic) bond motifs is 1. The number of nitrogens with one attached hydrogen (secondary N) is 1. The molecule has 3 N–H and O–H groups in total. The van der Waals surface area contributed by atoms with Gasteiger partial charge in [-0.15, -0.1) is 5.10 Å². The zero-order valence-corrected chi connectivity index (χ0v) is 18.1. The molecule has 1 aliphatic rings. The molecule has 0 unspecified atom stereocenters. The second-order valence-electron chi connectivity index (χ2n) is 8.65. The first kappa shape index (κ1) is 22.1. The Bertz CT molecular complexity index is 1190. The van der Waals surface area contributed by atoms with E-state index in [2.05, 4.69) is 20.5 Å². The lowest BCUT2D eigenvalue weighted by Crippen LogP contribution is -2.60. The van der Waals surface area contributed by atoms with E-state index < -0.39 is 29.1 Å². The number of nitrogens with zero attached hydrogens (tertiary/aromatic N) is 4.